The van der Waals surface area contributed by atoms with Crippen molar-refractivity contribution in [3.63, 3.8) is 0 Å². The molecule has 1 aliphatic rings. The van der Waals surface area contributed by atoms with Gasteiger partial charge in [0, 0.05) is 37.0 Å². The fraction of sp³-hybridized carbons (Fsp3) is 0.185. The molecule has 0 radical (unpaired) electrons. The van der Waals surface area contributed by atoms with E-state index >= 15 is 0 Å². The first-order valence-electron chi connectivity index (χ1n) is 11.1. The van der Waals surface area contributed by atoms with E-state index in [2.05, 4.69) is 51.6 Å². The Bertz CT molecular complexity index is 1240. The van der Waals surface area contributed by atoms with Gasteiger partial charge in [-0.15, -0.1) is 0 Å². The first-order chi connectivity index (χ1) is 15.8. The third-order valence-electron chi connectivity index (χ3n) is 6.00. The van der Waals surface area contributed by atoms with E-state index in [9.17, 15) is 4.79 Å². The summed E-state index contributed by atoms with van der Waals surface area (Å²) < 4.78 is 0. The van der Waals surface area contributed by atoms with Crippen LogP contribution in [0.3, 0.4) is 0 Å². The zero-order chi connectivity index (χ0) is 21.8. The highest BCUT2D eigenvalue weighted by Crippen LogP contribution is 2.29. The topological polar surface area (TPSA) is 61.0 Å². The maximum atomic E-state index is 12.5. The normalized spacial score (nSPS) is 14.3. The molecule has 2 N–H and O–H groups in total. The van der Waals surface area contributed by atoms with Gasteiger partial charge in [-0.1, -0.05) is 54.6 Å². The minimum atomic E-state index is -0.152. The molecule has 4 aromatic rings. The first-order valence-corrected chi connectivity index (χ1v) is 11.1. The van der Waals surface area contributed by atoms with Crippen LogP contribution in [0.5, 0.6) is 0 Å². The standard InChI is InChI=1S/C27H26N4O/c32-27(22-9-5-2-6-10-22)30-25-12-11-24-26(29-25)23(19-28-24)21-14-17-31(18-15-21)16-13-20-7-3-1-4-8-20/h1-12,14,19,28H,13,15-18H2,(H,29,30,32). The van der Waals surface area contributed by atoms with E-state index in [0.717, 1.165) is 49.1 Å². The van der Waals surface area contributed by atoms with Crippen LogP contribution in [0.1, 0.15) is 27.9 Å². The lowest BCUT2D eigenvalue weighted by molar-refractivity contribution is 0.102. The lowest BCUT2D eigenvalue weighted by Crippen LogP contribution is -2.30. The summed E-state index contributed by atoms with van der Waals surface area (Å²) in [5.41, 5.74) is 6.32. The van der Waals surface area contributed by atoms with Crippen molar-refractivity contribution in [2.75, 3.05) is 25.0 Å². The van der Waals surface area contributed by atoms with E-state index in [1.165, 1.54) is 11.1 Å². The van der Waals surface area contributed by atoms with Crippen LogP contribution in [-0.4, -0.2) is 40.4 Å². The van der Waals surface area contributed by atoms with Gasteiger partial charge in [0.25, 0.3) is 5.91 Å². The second-order valence-corrected chi connectivity index (χ2v) is 8.13. The van der Waals surface area contributed by atoms with Crippen LogP contribution in [0.4, 0.5) is 5.82 Å². The number of carbonyl (C=O) groups excluding carboxylic acids is 1. The lowest BCUT2D eigenvalue weighted by Gasteiger charge is -2.26. The average molecular weight is 423 g/mol. The molecule has 0 saturated carbocycles. The van der Waals surface area contributed by atoms with Gasteiger partial charge in [0.2, 0.25) is 0 Å². The van der Waals surface area contributed by atoms with Crippen LogP contribution in [0.15, 0.2) is 85.1 Å². The number of aromatic nitrogens is 2. The van der Waals surface area contributed by atoms with Crippen molar-refractivity contribution in [1.82, 2.24) is 14.9 Å². The van der Waals surface area contributed by atoms with Gasteiger partial charge < -0.3 is 10.3 Å². The van der Waals surface area contributed by atoms with Gasteiger partial charge in [-0.2, -0.15) is 0 Å². The van der Waals surface area contributed by atoms with Crippen molar-refractivity contribution in [3.05, 3.63) is 102 Å². The first kappa shape index (κ1) is 20.2. The number of benzene rings is 2. The number of nitrogens with one attached hydrogen (secondary N) is 2. The minimum absolute atomic E-state index is 0.152. The summed E-state index contributed by atoms with van der Waals surface area (Å²) in [5, 5.41) is 2.92. The Morgan fingerprint density at radius 1 is 1.00 bits per heavy atom. The van der Waals surface area contributed by atoms with Gasteiger partial charge in [-0.3, -0.25) is 9.69 Å². The fourth-order valence-electron chi connectivity index (χ4n) is 4.18. The number of aromatic amines is 1. The zero-order valence-corrected chi connectivity index (χ0v) is 17.9. The van der Waals surface area contributed by atoms with Gasteiger partial charge in [0.15, 0.2) is 0 Å². The summed E-state index contributed by atoms with van der Waals surface area (Å²) in [6.45, 7) is 3.05. The number of nitrogens with zero attached hydrogens (tertiary/aromatic N) is 2. The van der Waals surface area contributed by atoms with Gasteiger partial charge in [-0.25, -0.2) is 4.98 Å². The number of amides is 1. The van der Waals surface area contributed by atoms with E-state index in [1.807, 2.05) is 36.5 Å². The monoisotopic (exact) mass is 422 g/mol. The molecule has 1 aliphatic heterocycles. The maximum absolute atomic E-state index is 12.5. The summed E-state index contributed by atoms with van der Waals surface area (Å²) >= 11 is 0. The fourth-order valence-corrected chi connectivity index (χ4v) is 4.18. The molecule has 0 aliphatic carbocycles. The molecule has 5 heteroatoms. The Balaban J connectivity index is 1.28. The number of rotatable bonds is 6. The molecular formula is C27H26N4O. The maximum Gasteiger partial charge on any atom is 0.256 e. The van der Waals surface area contributed by atoms with Crippen molar-refractivity contribution >= 4 is 28.3 Å². The van der Waals surface area contributed by atoms with Crippen molar-refractivity contribution in [1.29, 1.82) is 0 Å². The molecule has 32 heavy (non-hydrogen) atoms. The highest BCUT2D eigenvalue weighted by molar-refractivity contribution is 6.04. The summed E-state index contributed by atoms with van der Waals surface area (Å²) in [6.07, 6.45) is 6.41. The highest BCUT2D eigenvalue weighted by Gasteiger charge is 2.17. The Kier molecular flexibility index (Phi) is 5.81. The Morgan fingerprint density at radius 3 is 2.53 bits per heavy atom. The zero-order valence-electron chi connectivity index (χ0n) is 17.9. The van der Waals surface area contributed by atoms with Crippen LogP contribution in [0.25, 0.3) is 16.6 Å². The second-order valence-electron chi connectivity index (χ2n) is 8.13. The van der Waals surface area contributed by atoms with Crippen molar-refractivity contribution in [3.8, 4) is 0 Å². The number of hydrogen-bond donors (Lipinski definition) is 2. The molecule has 2 aromatic heterocycles. The third kappa shape index (κ3) is 4.48. The number of pyridine rings is 1. The highest BCUT2D eigenvalue weighted by atomic mass is 16.1. The molecule has 0 unspecified atom stereocenters. The molecule has 5 nitrogen and oxygen atoms in total. The molecule has 2 aromatic carbocycles. The van der Waals surface area contributed by atoms with Gasteiger partial charge in [0.05, 0.1) is 11.0 Å². The molecule has 0 atom stereocenters. The van der Waals surface area contributed by atoms with E-state index < -0.39 is 0 Å². The largest absolute Gasteiger partial charge is 0.359 e. The summed E-state index contributed by atoms with van der Waals surface area (Å²) in [7, 11) is 0. The second kappa shape index (κ2) is 9.20. The number of hydrogen-bond acceptors (Lipinski definition) is 3. The molecule has 0 saturated heterocycles. The Labute approximate surface area is 187 Å². The summed E-state index contributed by atoms with van der Waals surface area (Å²) in [6, 6.07) is 23.7. The predicted molar refractivity (Wildman–Crippen MR) is 130 cm³/mol. The van der Waals surface area contributed by atoms with E-state index in [0.29, 0.717) is 11.4 Å². The van der Waals surface area contributed by atoms with Crippen LogP contribution in [0.2, 0.25) is 0 Å². The Hall–Kier alpha value is -3.70. The van der Waals surface area contributed by atoms with Crippen molar-refractivity contribution in [2.24, 2.45) is 0 Å². The SMILES string of the molecule is O=C(Nc1ccc2[nH]cc(C3=CCN(CCc4ccccc4)CC3)c2n1)c1ccccc1. The molecule has 1 amide bonds. The van der Waals surface area contributed by atoms with Crippen LogP contribution < -0.4 is 5.32 Å². The third-order valence-corrected chi connectivity index (χ3v) is 6.00. The van der Waals surface area contributed by atoms with Gasteiger partial charge in [-0.05, 0) is 48.2 Å². The molecule has 0 fully saturated rings. The molecule has 0 spiro atoms. The summed E-state index contributed by atoms with van der Waals surface area (Å²) in [4.78, 5) is 23.1. The molecule has 3 heterocycles. The van der Waals surface area contributed by atoms with Crippen LogP contribution in [-0.2, 0) is 6.42 Å². The summed E-state index contributed by atoms with van der Waals surface area (Å²) in [5.74, 6) is 0.411. The number of anilines is 1. The number of carbonyl (C=O) groups is 1. The van der Waals surface area contributed by atoms with Crippen LogP contribution >= 0.6 is 0 Å². The number of fused-ring (bicyclic) bond motifs is 1. The van der Waals surface area contributed by atoms with Gasteiger partial charge in [0.1, 0.15) is 5.82 Å². The minimum Gasteiger partial charge on any atom is -0.359 e. The van der Waals surface area contributed by atoms with E-state index in [4.69, 9.17) is 4.98 Å². The van der Waals surface area contributed by atoms with Crippen molar-refractivity contribution < 1.29 is 4.79 Å². The molecular weight excluding hydrogens is 396 g/mol. The van der Waals surface area contributed by atoms with E-state index in [1.54, 1.807) is 12.1 Å². The number of H-pyrrole nitrogens is 1. The van der Waals surface area contributed by atoms with Crippen LogP contribution in [0, 0.1) is 0 Å². The quantitative estimate of drug-likeness (QED) is 0.452. The molecule has 160 valence electrons. The molecule has 0 bridgehead atoms. The smallest absolute Gasteiger partial charge is 0.256 e. The molecule has 5 rings (SSSR count). The predicted octanol–water partition coefficient (Wildman–Crippen LogP) is 5.15. The Morgan fingerprint density at radius 2 is 1.78 bits per heavy atom. The van der Waals surface area contributed by atoms with Crippen molar-refractivity contribution in [2.45, 2.75) is 12.8 Å². The average Bonchev–Trinajstić information content (AvgIpc) is 3.27. The van der Waals surface area contributed by atoms with E-state index in [-0.39, 0.29) is 5.91 Å². The van der Waals surface area contributed by atoms with Gasteiger partial charge >= 0.3 is 0 Å². The lowest BCUT2D eigenvalue weighted by atomic mass is 10.0.